The third-order valence-corrected chi connectivity index (χ3v) is 5.30. The maximum Gasteiger partial charge on any atom is 0.349 e. The van der Waals surface area contributed by atoms with Crippen LogP contribution in [-0.2, 0) is 27.2 Å². The van der Waals surface area contributed by atoms with Crippen LogP contribution in [0.25, 0.3) is 0 Å². The minimum absolute atomic E-state index is 0.167. The first-order valence-corrected chi connectivity index (χ1v) is 10.2. The van der Waals surface area contributed by atoms with Crippen molar-refractivity contribution < 1.29 is 19.1 Å². The molecule has 0 saturated carbocycles. The highest BCUT2D eigenvalue weighted by atomic mass is 32.1. The van der Waals surface area contributed by atoms with Crippen LogP contribution in [-0.4, -0.2) is 23.9 Å². The van der Waals surface area contributed by atoms with E-state index in [4.69, 9.17) is 4.74 Å². The normalized spacial score (nSPS) is 11.6. The second kappa shape index (κ2) is 10.0. The summed E-state index contributed by atoms with van der Waals surface area (Å²) >= 11 is 1.44. The van der Waals surface area contributed by atoms with E-state index in [0.717, 1.165) is 24.8 Å². The molecule has 28 heavy (non-hydrogen) atoms. The zero-order valence-corrected chi connectivity index (χ0v) is 17.4. The van der Waals surface area contributed by atoms with Gasteiger partial charge in [0.2, 0.25) is 5.91 Å². The largest absolute Gasteiger partial charge is 0.448 e. The molecule has 0 aliphatic rings. The van der Waals surface area contributed by atoms with E-state index in [1.165, 1.54) is 23.1 Å². The molecule has 0 aliphatic carbocycles. The van der Waals surface area contributed by atoms with E-state index in [2.05, 4.69) is 24.5 Å². The molecular formula is C21H26N2O4S. The smallest absolute Gasteiger partial charge is 0.349 e. The molecule has 1 heterocycles. The summed E-state index contributed by atoms with van der Waals surface area (Å²) in [7, 11) is 0. The number of anilines is 2. The van der Waals surface area contributed by atoms with Gasteiger partial charge in [0.1, 0.15) is 4.88 Å². The van der Waals surface area contributed by atoms with Crippen molar-refractivity contribution in [2.75, 3.05) is 10.6 Å². The minimum Gasteiger partial charge on any atom is -0.448 e. The lowest BCUT2D eigenvalue weighted by atomic mass is 10.1. The van der Waals surface area contributed by atoms with Gasteiger partial charge in [-0.3, -0.25) is 9.59 Å². The van der Waals surface area contributed by atoms with E-state index in [1.807, 2.05) is 6.07 Å². The van der Waals surface area contributed by atoms with Crippen LogP contribution in [0.2, 0.25) is 0 Å². The lowest BCUT2D eigenvalue weighted by Crippen LogP contribution is -2.29. The Morgan fingerprint density at radius 1 is 1.07 bits per heavy atom. The summed E-state index contributed by atoms with van der Waals surface area (Å²) in [6.45, 7) is 7.13. The number of carbonyl (C=O) groups is 3. The first kappa shape index (κ1) is 21.6. The van der Waals surface area contributed by atoms with Crippen LogP contribution in [0, 0.1) is 0 Å². The van der Waals surface area contributed by atoms with Crippen LogP contribution >= 0.6 is 11.3 Å². The van der Waals surface area contributed by atoms with Gasteiger partial charge >= 0.3 is 5.97 Å². The predicted molar refractivity (Wildman–Crippen MR) is 112 cm³/mol. The van der Waals surface area contributed by atoms with E-state index in [1.54, 1.807) is 31.2 Å². The van der Waals surface area contributed by atoms with Crippen LogP contribution in [0.5, 0.6) is 0 Å². The van der Waals surface area contributed by atoms with Crippen molar-refractivity contribution >= 4 is 40.5 Å². The zero-order valence-electron chi connectivity index (χ0n) is 16.6. The molecule has 2 rings (SSSR count). The quantitative estimate of drug-likeness (QED) is 0.641. The van der Waals surface area contributed by atoms with Crippen LogP contribution in [0.3, 0.4) is 0 Å². The molecule has 0 saturated heterocycles. The van der Waals surface area contributed by atoms with Gasteiger partial charge in [0, 0.05) is 23.2 Å². The van der Waals surface area contributed by atoms with Gasteiger partial charge in [-0.2, -0.15) is 0 Å². The minimum atomic E-state index is -0.927. The van der Waals surface area contributed by atoms with Crippen molar-refractivity contribution in [1.29, 1.82) is 0 Å². The van der Waals surface area contributed by atoms with Gasteiger partial charge in [0.15, 0.2) is 6.10 Å². The number of amides is 2. The van der Waals surface area contributed by atoms with Gasteiger partial charge in [-0.15, -0.1) is 11.3 Å². The molecule has 0 aliphatic heterocycles. The Balaban J connectivity index is 1.96. The molecule has 2 N–H and O–H groups in total. The average Bonchev–Trinajstić information content (AvgIpc) is 3.06. The lowest BCUT2D eigenvalue weighted by Gasteiger charge is -2.13. The standard InChI is InChI=1S/C21H26N2O4S/c1-5-7-18-15(6-2)12-19(28-18)21(26)27-13(3)20(25)23-17-10-8-16(9-11-17)22-14(4)24/h8-13H,5-7H2,1-4H3,(H,22,24)(H,23,25)/t13-/m0/s1. The number of aryl methyl sites for hydroxylation is 2. The Morgan fingerprint density at radius 2 is 1.68 bits per heavy atom. The Kier molecular flexibility index (Phi) is 7.75. The van der Waals surface area contributed by atoms with Gasteiger partial charge < -0.3 is 15.4 Å². The van der Waals surface area contributed by atoms with Crippen molar-refractivity contribution in [2.45, 2.75) is 53.1 Å². The monoisotopic (exact) mass is 402 g/mol. The second-order valence-electron chi connectivity index (χ2n) is 6.46. The van der Waals surface area contributed by atoms with Crippen molar-refractivity contribution in [1.82, 2.24) is 0 Å². The second-order valence-corrected chi connectivity index (χ2v) is 7.59. The summed E-state index contributed by atoms with van der Waals surface area (Å²) < 4.78 is 5.34. The molecule has 0 unspecified atom stereocenters. The highest BCUT2D eigenvalue weighted by molar-refractivity contribution is 7.14. The summed E-state index contributed by atoms with van der Waals surface area (Å²) in [5.74, 6) is -1.06. The molecule has 2 aromatic rings. The molecule has 0 radical (unpaired) electrons. The fourth-order valence-corrected chi connectivity index (χ4v) is 3.90. The first-order valence-electron chi connectivity index (χ1n) is 9.35. The number of ether oxygens (including phenoxy) is 1. The van der Waals surface area contributed by atoms with Crippen molar-refractivity contribution in [2.24, 2.45) is 0 Å². The van der Waals surface area contributed by atoms with E-state index < -0.39 is 18.0 Å². The number of esters is 1. The van der Waals surface area contributed by atoms with Gasteiger partial charge in [-0.25, -0.2) is 4.79 Å². The van der Waals surface area contributed by atoms with Crippen LogP contribution in [0.15, 0.2) is 30.3 Å². The molecule has 2 amide bonds. The summed E-state index contributed by atoms with van der Waals surface area (Å²) in [6.07, 6.45) is 1.89. The third kappa shape index (κ3) is 5.92. The number of thiophene rings is 1. The molecule has 150 valence electrons. The average molecular weight is 403 g/mol. The molecule has 1 atom stereocenters. The van der Waals surface area contributed by atoms with Gasteiger partial charge in [-0.1, -0.05) is 20.3 Å². The summed E-state index contributed by atoms with van der Waals surface area (Å²) in [6, 6.07) is 8.56. The number of hydrogen-bond acceptors (Lipinski definition) is 5. The summed E-state index contributed by atoms with van der Waals surface area (Å²) in [5.41, 5.74) is 2.35. The number of nitrogens with one attached hydrogen (secondary N) is 2. The fourth-order valence-electron chi connectivity index (χ4n) is 2.66. The molecule has 1 aromatic carbocycles. The highest BCUT2D eigenvalue weighted by Crippen LogP contribution is 2.25. The Labute approximate surface area is 169 Å². The highest BCUT2D eigenvalue weighted by Gasteiger charge is 2.21. The molecule has 0 bridgehead atoms. The lowest BCUT2D eigenvalue weighted by molar-refractivity contribution is -0.123. The zero-order chi connectivity index (χ0) is 20.7. The first-order chi connectivity index (χ1) is 13.3. The third-order valence-electron chi connectivity index (χ3n) is 4.08. The maximum absolute atomic E-state index is 12.4. The van der Waals surface area contributed by atoms with E-state index >= 15 is 0 Å². The molecule has 6 nitrogen and oxygen atoms in total. The van der Waals surface area contributed by atoms with E-state index in [9.17, 15) is 14.4 Å². The topological polar surface area (TPSA) is 84.5 Å². The maximum atomic E-state index is 12.4. The molecule has 0 fully saturated rings. The SMILES string of the molecule is CCCc1sc(C(=O)O[C@@H](C)C(=O)Nc2ccc(NC(C)=O)cc2)cc1CC. The van der Waals surface area contributed by atoms with Gasteiger partial charge in [-0.05, 0) is 55.7 Å². The number of benzene rings is 1. The number of carbonyl (C=O) groups excluding carboxylic acids is 3. The fraction of sp³-hybridized carbons (Fsp3) is 0.381. The van der Waals surface area contributed by atoms with E-state index in [-0.39, 0.29) is 5.91 Å². The van der Waals surface area contributed by atoms with Gasteiger partial charge in [0.05, 0.1) is 0 Å². The Hall–Kier alpha value is -2.67. The predicted octanol–water partition coefficient (Wildman–Crippen LogP) is 4.41. The summed E-state index contributed by atoms with van der Waals surface area (Å²) in [5, 5.41) is 5.35. The Bertz CT molecular complexity index is 843. The number of rotatable bonds is 8. The Morgan fingerprint density at radius 3 is 2.21 bits per heavy atom. The summed E-state index contributed by atoms with van der Waals surface area (Å²) in [4.78, 5) is 37.5. The molecule has 0 spiro atoms. The molecule has 7 heteroatoms. The van der Waals surface area contributed by atoms with Crippen molar-refractivity contribution in [3.63, 3.8) is 0 Å². The van der Waals surface area contributed by atoms with Gasteiger partial charge in [0.25, 0.3) is 5.91 Å². The molecule has 1 aromatic heterocycles. The van der Waals surface area contributed by atoms with Crippen molar-refractivity contribution in [3.05, 3.63) is 45.6 Å². The van der Waals surface area contributed by atoms with Crippen LogP contribution in [0.4, 0.5) is 11.4 Å². The molecular weight excluding hydrogens is 376 g/mol. The number of hydrogen-bond donors (Lipinski definition) is 2. The van der Waals surface area contributed by atoms with Crippen LogP contribution in [0.1, 0.15) is 54.2 Å². The van der Waals surface area contributed by atoms with Crippen LogP contribution < -0.4 is 10.6 Å². The van der Waals surface area contributed by atoms with E-state index in [0.29, 0.717) is 16.3 Å². The van der Waals surface area contributed by atoms with Crippen molar-refractivity contribution in [3.8, 4) is 0 Å².